The van der Waals surface area contributed by atoms with Crippen molar-refractivity contribution in [2.24, 2.45) is 11.1 Å². The van der Waals surface area contributed by atoms with Crippen molar-refractivity contribution in [3.8, 4) is 0 Å². The van der Waals surface area contributed by atoms with Crippen LogP contribution in [0.4, 0.5) is 0 Å². The summed E-state index contributed by atoms with van der Waals surface area (Å²) in [7, 11) is 1.89. The Morgan fingerprint density at radius 2 is 2.17 bits per heavy atom. The number of hydrogen-bond acceptors (Lipinski definition) is 2. The third-order valence-electron chi connectivity index (χ3n) is 3.50. The van der Waals surface area contributed by atoms with E-state index in [-0.39, 0.29) is 17.4 Å². The SMILES string of the molecule is CC1CC(N)C2(CC2)C(=O)N1C. The van der Waals surface area contributed by atoms with Crippen LogP contribution in [-0.2, 0) is 4.79 Å². The van der Waals surface area contributed by atoms with Gasteiger partial charge < -0.3 is 10.6 Å². The first-order valence-corrected chi connectivity index (χ1v) is 4.61. The van der Waals surface area contributed by atoms with Crippen molar-refractivity contribution in [2.75, 3.05) is 7.05 Å². The summed E-state index contributed by atoms with van der Waals surface area (Å²) in [5.41, 5.74) is 5.83. The number of carbonyl (C=O) groups excluding carboxylic acids is 1. The van der Waals surface area contributed by atoms with E-state index >= 15 is 0 Å². The minimum atomic E-state index is -0.138. The van der Waals surface area contributed by atoms with Crippen molar-refractivity contribution in [1.29, 1.82) is 0 Å². The minimum absolute atomic E-state index is 0.108. The predicted molar refractivity (Wildman–Crippen MR) is 46.5 cm³/mol. The lowest BCUT2D eigenvalue weighted by atomic mass is 9.85. The molecule has 1 heterocycles. The molecule has 1 amide bonds. The molecule has 1 spiro atoms. The molecule has 2 aliphatic rings. The van der Waals surface area contributed by atoms with Crippen LogP contribution in [0.3, 0.4) is 0 Å². The van der Waals surface area contributed by atoms with Gasteiger partial charge in [-0.3, -0.25) is 4.79 Å². The van der Waals surface area contributed by atoms with Gasteiger partial charge in [-0.05, 0) is 26.2 Å². The Balaban J connectivity index is 2.23. The van der Waals surface area contributed by atoms with Gasteiger partial charge in [-0.1, -0.05) is 0 Å². The Kier molecular flexibility index (Phi) is 1.49. The van der Waals surface area contributed by atoms with Crippen molar-refractivity contribution in [1.82, 2.24) is 4.90 Å². The monoisotopic (exact) mass is 168 g/mol. The van der Waals surface area contributed by atoms with Gasteiger partial charge in [0.05, 0.1) is 5.41 Å². The summed E-state index contributed by atoms with van der Waals surface area (Å²) >= 11 is 0. The molecule has 68 valence electrons. The number of carbonyl (C=O) groups is 1. The van der Waals surface area contributed by atoms with Gasteiger partial charge in [0.25, 0.3) is 0 Å². The number of amides is 1. The Hall–Kier alpha value is -0.570. The predicted octanol–water partition coefficient (Wildman–Crippen LogP) is 0.344. The van der Waals surface area contributed by atoms with E-state index in [1.807, 2.05) is 11.9 Å². The van der Waals surface area contributed by atoms with Gasteiger partial charge in [-0.15, -0.1) is 0 Å². The van der Waals surface area contributed by atoms with E-state index in [4.69, 9.17) is 5.73 Å². The zero-order valence-corrected chi connectivity index (χ0v) is 7.71. The first-order chi connectivity index (χ1) is 5.58. The summed E-state index contributed by atoms with van der Waals surface area (Å²) in [6.07, 6.45) is 2.97. The zero-order chi connectivity index (χ0) is 8.93. The summed E-state index contributed by atoms with van der Waals surface area (Å²) in [6, 6.07) is 0.426. The van der Waals surface area contributed by atoms with Gasteiger partial charge in [-0.2, -0.15) is 0 Å². The Labute approximate surface area is 72.9 Å². The van der Waals surface area contributed by atoms with Crippen LogP contribution in [0.25, 0.3) is 0 Å². The summed E-state index contributed by atoms with van der Waals surface area (Å²) < 4.78 is 0. The van der Waals surface area contributed by atoms with Crippen molar-refractivity contribution >= 4 is 5.91 Å². The molecule has 2 fully saturated rings. The van der Waals surface area contributed by atoms with Crippen LogP contribution in [-0.4, -0.2) is 29.9 Å². The quantitative estimate of drug-likeness (QED) is 0.567. The molecule has 0 bridgehead atoms. The van der Waals surface area contributed by atoms with E-state index in [9.17, 15) is 4.79 Å². The highest BCUT2D eigenvalue weighted by atomic mass is 16.2. The summed E-state index contributed by atoms with van der Waals surface area (Å²) in [4.78, 5) is 13.6. The van der Waals surface area contributed by atoms with Gasteiger partial charge >= 0.3 is 0 Å². The zero-order valence-electron chi connectivity index (χ0n) is 7.71. The Bertz CT molecular complexity index is 223. The van der Waals surface area contributed by atoms with Crippen LogP contribution in [0.2, 0.25) is 0 Å². The fraction of sp³-hybridized carbons (Fsp3) is 0.889. The van der Waals surface area contributed by atoms with E-state index in [2.05, 4.69) is 6.92 Å². The molecule has 12 heavy (non-hydrogen) atoms. The molecule has 1 saturated heterocycles. The largest absolute Gasteiger partial charge is 0.342 e. The van der Waals surface area contributed by atoms with Crippen LogP contribution in [0.1, 0.15) is 26.2 Å². The number of likely N-dealkylation sites (tertiary alicyclic amines) is 1. The number of hydrogen-bond donors (Lipinski definition) is 1. The highest BCUT2D eigenvalue weighted by Gasteiger charge is 2.58. The van der Waals surface area contributed by atoms with Crippen molar-refractivity contribution in [3.63, 3.8) is 0 Å². The van der Waals surface area contributed by atoms with Crippen molar-refractivity contribution < 1.29 is 4.79 Å². The lowest BCUT2D eigenvalue weighted by molar-refractivity contribution is -0.142. The summed E-state index contributed by atoms with van der Waals surface area (Å²) in [5, 5.41) is 0. The molecule has 0 aromatic rings. The average molecular weight is 168 g/mol. The maximum Gasteiger partial charge on any atom is 0.230 e. The second-order valence-electron chi connectivity index (χ2n) is 4.26. The Morgan fingerprint density at radius 1 is 1.58 bits per heavy atom. The standard InChI is InChI=1S/C9H16N2O/c1-6-5-7(10)9(3-4-9)8(12)11(6)2/h6-7H,3-5,10H2,1-2H3. The van der Waals surface area contributed by atoms with Crippen LogP contribution in [0.15, 0.2) is 0 Å². The molecule has 2 atom stereocenters. The van der Waals surface area contributed by atoms with Gasteiger partial charge in [0.2, 0.25) is 5.91 Å². The molecular weight excluding hydrogens is 152 g/mol. The molecule has 1 saturated carbocycles. The first-order valence-electron chi connectivity index (χ1n) is 4.61. The smallest absolute Gasteiger partial charge is 0.230 e. The first kappa shape index (κ1) is 8.05. The highest BCUT2D eigenvalue weighted by molar-refractivity contribution is 5.87. The number of nitrogens with two attached hydrogens (primary N) is 1. The van der Waals surface area contributed by atoms with Crippen LogP contribution >= 0.6 is 0 Å². The second-order valence-corrected chi connectivity index (χ2v) is 4.26. The molecule has 0 aromatic heterocycles. The highest BCUT2D eigenvalue weighted by Crippen LogP contribution is 2.52. The maximum atomic E-state index is 11.8. The number of rotatable bonds is 0. The molecule has 0 radical (unpaired) electrons. The van der Waals surface area contributed by atoms with Gasteiger partial charge in [0.1, 0.15) is 0 Å². The van der Waals surface area contributed by atoms with Gasteiger partial charge in [-0.25, -0.2) is 0 Å². The molecule has 2 rings (SSSR count). The minimum Gasteiger partial charge on any atom is -0.342 e. The molecule has 3 nitrogen and oxygen atoms in total. The Morgan fingerprint density at radius 3 is 2.67 bits per heavy atom. The molecule has 2 N–H and O–H groups in total. The van der Waals surface area contributed by atoms with E-state index in [1.54, 1.807) is 0 Å². The third-order valence-corrected chi connectivity index (χ3v) is 3.50. The maximum absolute atomic E-state index is 11.8. The lowest BCUT2D eigenvalue weighted by Crippen LogP contribution is -2.55. The third kappa shape index (κ3) is 0.829. The summed E-state index contributed by atoms with van der Waals surface area (Å²) in [5.74, 6) is 0.272. The number of piperidine rings is 1. The summed E-state index contributed by atoms with van der Waals surface area (Å²) in [6.45, 7) is 2.06. The molecular formula is C9H16N2O. The normalized spacial score (nSPS) is 38.9. The molecule has 1 aliphatic carbocycles. The second kappa shape index (κ2) is 2.22. The van der Waals surface area contributed by atoms with Crippen molar-refractivity contribution in [2.45, 2.75) is 38.3 Å². The average Bonchev–Trinajstić information content (AvgIpc) is 2.79. The fourth-order valence-corrected chi connectivity index (χ4v) is 2.18. The van der Waals surface area contributed by atoms with Crippen LogP contribution in [0.5, 0.6) is 0 Å². The van der Waals surface area contributed by atoms with Crippen LogP contribution < -0.4 is 5.73 Å². The van der Waals surface area contributed by atoms with E-state index < -0.39 is 0 Å². The van der Waals surface area contributed by atoms with E-state index in [0.717, 1.165) is 19.3 Å². The van der Waals surface area contributed by atoms with E-state index in [1.165, 1.54) is 0 Å². The van der Waals surface area contributed by atoms with Gasteiger partial charge in [0, 0.05) is 19.1 Å². The van der Waals surface area contributed by atoms with Gasteiger partial charge in [0.15, 0.2) is 0 Å². The fourth-order valence-electron chi connectivity index (χ4n) is 2.18. The lowest BCUT2D eigenvalue weighted by Gasteiger charge is -2.39. The topological polar surface area (TPSA) is 46.3 Å². The molecule has 1 aliphatic heterocycles. The number of nitrogens with zero attached hydrogens (tertiary/aromatic N) is 1. The van der Waals surface area contributed by atoms with Crippen molar-refractivity contribution in [3.05, 3.63) is 0 Å². The van der Waals surface area contributed by atoms with Crippen LogP contribution in [0, 0.1) is 5.41 Å². The molecule has 3 heteroatoms. The molecule has 2 unspecified atom stereocenters. The van der Waals surface area contributed by atoms with E-state index in [0.29, 0.717) is 6.04 Å². The molecule has 0 aromatic carbocycles.